The number of hydrogen-bond acceptors (Lipinski definition) is 5. The molecule has 33 heavy (non-hydrogen) atoms. The van der Waals surface area contributed by atoms with Gasteiger partial charge >= 0.3 is 5.69 Å². The highest BCUT2D eigenvalue weighted by Crippen LogP contribution is 2.34. The summed E-state index contributed by atoms with van der Waals surface area (Å²) in [6.07, 6.45) is 1.17. The summed E-state index contributed by atoms with van der Waals surface area (Å²) in [5.74, 6) is 0.790. The van der Waals surface area contributed by atoms with Gasteiger partial charge in [0.05, 0.1) is 36.5 Å². The maximum atomic E-state index is 13.2. The molecule has 4 aromatic rings. The van der Waals surface area contributed by atoms with Crippen LogP contribution in [0.3, 0.4) is 0 Å². The van der Waals surface area contributed by atoms with Gasteiger partial charge in [-0.05, 0) is 36.2 Å². The van der Waals surface area contributed by atoms with Gasteiger partial charge in [-0.1, -0.05) is 48.5 Å². The van der Waals surface area contributed by atoms with Crippen LogP contribution in [-0.2, 0) is 9.84 Å². The number of ether oxygens (including phenoxy) is 2. The smallest absolute Gasteiger partial charge is 0.327 e. The molecule has 0 bridgehead atoms. The Morgan fingerprint density at radius 2 is 1.76 bits per heavy atom. The van der Waals surface area contributed by atoms with Crippen molar-refractivity contribution in [2.75, 3.05) is 25.7 Å². The van der Waals surface area contributed by atoms with Crippen molar-refractivity contribution >= 4 is 20.9 Å². The summed E-state index contributed by atoms with van der Waals surface area (Å²) in [4.78, 5) is 16.2. The first-order valence-corrected chi connectivity index (χ1v) is 12.7. The number of imidazole rings is 1. The van der Waals surface area contributed by atoms with Gasteiger partial charge in [0.25, 0.3) is 0 Å². The van der Waals surface area contributed by atoms with Crippen LogP contribution in [0.2, 0.25) is 0 Å². The Morgan fingerprint density at radius 1 is 1.00 bits per heavy atom. The standard InChI is InChI=1S/C25H26N2O5S/c1-4-32-23-15-18(13-14-22(23)31-2)21(16-33(3,29)30)27-20-12-8-11-19(24(20)26-25(27)28)17-9-6-5-7-10-17/h5-15,21H,4,16H2,1-3H3,(H,26,28). The molecule has 1 heterocycles. The molecule has 0 amide bonds. The van der Waals surface area contributed by atoms with Crippen molar-refractivity contribution < 1.29 is 17.9 Å². The van der Waals surface area contributed by atoms with Crippen molar-refractivity contribution in [3.63, 3.8) is 0 Å². The Morgan fingerprint density at radius 3 is 2.42 bits per heavy atom. The van der Waals surface area contributed by atoms with Gasteiger partial charge in [-0.25, -0.2) is 13.2 Å². The summed E-state index contributed by atoms with van der Waals surface area (Å²) in [6, 6.07) is 19.8. The summed E-state index contributed by atoms with van der Waals surface area (Å²) in [5.41, 5.74) is 3.37. The summed E-state index contributed by atoms with van der Waals surface area (Å²) in [7, 11) is -1.89. The maximum absolute atomic E-state index is 13.2. The zero-order valence-corrected chi connectivity index (χ0v) is 19.6. The molecule has 3 aromatic carbocycles. The average Bonchev–Trinajstić information content (AvgIpc) is 3.13. The van der Waals surface area contributed by atoms with Crippen molar-refractivity contribution in [3.05, 3.63) is 82.8 Å². The van der Waals surface area contributed by atoms with Crippen LogP contribution >= 0.6 is 0 Å². The SMILES string of the molecule is CCOc1cc(C(CS(C)(=O)=O)n2c(=O)[nH]c3c(-c4ccccc4)cccc32)ccc1OC. The first-order chi connectivity index (χ1) is 15.8. The third-order valence-electron chi connectivity index (χ3n) is 5.48. The second kappa shape index (κ2) is 9.15. The fourth-order valence-corrected chi connectivity index (χ4v) is 5.01. The summed E-state index contributed by atoms with van der Waals surface area (Å²) in [6.45, 7) is 2.28. The Balaban J connectivity index is 1.94. The van der Waals surface area contributed by atoms with Crippen molar-refractivity contribution in [1.82, 2.24) is 9.55 Å². The second-order valence-corrected chi connectivity index (χ2v) is 10.0. The number of rotatable bonds is 8. The molecule has 1 N–H and O–H groups in total. The van der Waals surface area contributed by atoms with E-state index in [1.54, 1.807) is 25.3 Å². The topological polar surface area (TPSA) is 90.4 Å². The fraction of sp³-hybridized carbons (Fsp3) is 0.240. The number of aromatic amines is 1. The Labute approximate surface area is 192 Å². The average molecular weight is 467 g/mol. The number of nitrogens with zero attached hydrogens (tertiary/aromatic N) is 1. The third-order valence-corrected chi connectivity index (χ3v) is 6.40. The van der Waals surface area contributed by atoms with E-state index in [2.05, 4.69) is 4.98 Å². The summed E-state index contributed by atoms with van der Waals surface area (Å²) >= 11 is 0. The van der Waals surface area contributed by atoms with Gasteiger partial charge in [0.2, 0.25) is 0 Å². The Hall–Kier alpha value is -3.52. The number of sulfone groups is 1. The number of H-pyrrole nitrogens is 1. The highest BCUT2D eigenvalue weighted by Gasteiger charge is 2.25. The molecule has 8 heteroatoms. The lowest BCUT2D eigenvalue weighted by atomic mass is 10.0. The van der Waals surface area contributed by atoms with Gasteiger partial charge in [-0.2, -0.15) is 0 Å². The number of fused-ring (bicyclic) bond motifs is 1. The van der Waals surface area contributed by atoms with Gasteiger partial charge in [0, 0.05) is 11.8 Å². The fourth-order valence-electron chi connectivity index (χ4n) is 4.09. The van der Waals surface area contributed by atoms with Gasteiger partial charge in [-0.15, -0.1) is 0 Å². The number of aromatic nitrogens is 2. The van der Waals surface area contributed by atoms with E-state index in [0.717, 1.165) is 11.1 Å². The van der Waals surface area contributed by atoms with Crippen LogP contribution in [0.15, 0.2) is 71.5 Å². The van der Waals surface area contributed by atoms with Crippen LogP contribution in [0.4, 0.5) is 0 Å². The highest BCUT2D eigenvalue weighted by molar-refractivity contribution is 7.90. The molecule has 0 saturated heterocycles. The minimum absolute atomic E-state index is 0.243. The van der Waals surface area contributed by atoms with Crippen LogP contribution in [0, 0.1) is 0 Å². The van der Waals surface area contributed by atoms with Crippen LogP contribution in [0.25, 0.3) is 22.2 Å². The molecule has 172 valence electrons. The Bertz CT molecular complexity index is 1440. The Kier molecular flexibility index (Phi) is 6.29. The molecule has 4 rings (SSSR count). The molecule has 0 radical (unpaired) electrons. The number of nitrogens with one attached hydrogen (secondary N) is 1. The van der Waals surface area contributed by atoms with E-state index in [9.17, 15) is 13.2 Å². The van der Waals surface area contributed by atoms with E-state index in [1.165, 1.54) is 10.8 Å². The first kappa shape index (κ1) is 22.7. The summed E-state index contributed by atoms with van der Waals surface area (Å²) in [5, 5.41) is 0. The van der Waals surface area contributed by atoms with E-state index >= 15 is 0 Å². The van der Waals surface area contributed by atoms with Crippen molar-refractivity contribution in [2.24, 2.45) is 0 Å². The number of methoxy groups -OCH3 is 1. The maximum Gasteiger partial charge on any atom is 0.327 e. The van der Waals surface area contributed by atoms with Crippen LogP contribution < -0.4 is 15.2 Å². The van der Waals surface area contributed by atoms with E-state index < -0.39 is 15.9 Å². The zero-order chi connectivity index (χ0) is 23.6. The summed E-state index contributed by atoms with van der Waals surface area (Å²) < 4.78 is 37.4. The molecule has 1 aromatic heterocycles. The molecule has 0 fully saturated rings. The third kappa shape index (κ3) is 4.66. The van der Waals surface area contributed by atoms with Gasteiger partial charge in [-0.3, -0.25) is 4.57 Å². The molecule has 0 spiro atoms. The van der Waals surface area contributed by atoms with Gasteiger partial charge in [0.15, 0.2) is 11.5 Å². The van der Waals surface area contributed by atoms with Crippen LogP contribution in [-0.4, -0.2) is 43.7 Å². The highest BCUT2D eigenvalue weighted by atomic mass is 32.2. The lowest BCUT2D eigenvalue weighted by Crippen LogP contribution is -2.28. The molecule has 1 atom stereocenters. The number of para-hydroxylation sites is 1. The van der Waals surface area contributed by atoms with E-state index in [0.29, 0.717) is 34.7 Å². The number of benzene rings is 3. The van der Waals surface area contributed by atoms with E-state index in [1.807, 2.05) is 55.5 Å². The lowest BCUT2D eigenvalue weighted by molar-refractivity contribution is 0.310. The quantitative estimate of drug-likeness (QED) is 0.423. The second-order valence-electron chi connectivity index (χ2n) is 7.82. The molecule has 0 aliphatic rings. The first-order valence-electron chi connectivity index (χ1n) is 10.6. The van der Waals surface area contributed by atoms with E-state index in [4.69, 9.17) is 9.47 Å². The van der Waals surface area contributed by atoms with Crippen molar-refractivity contribution in [2.45, 2.75) is 13.0 Å². The molecule has 0 saturated carbocycles. The van der Waals surface area contributed by atoms with Crippen molar-refractivity contribution in [3.8, 4) is 22.6 Å². The minimum Gasteiger partial charge on any atom is -0.493 e. The van der Waals surface area contributed by atoms with E-state index in [-0.39, 0.29) is 11.4 Å². The number of hydrogen-bond donors (Lipinski definition) is 1. The predicted octanol–water partition coefficient (Wildman–Crippen LogP) is 4.04. The van der Waals surface area contributed by atoms with Crippen LogP contribution in [0.5, 0.6) is 11.5 Å². The van der Waals surface area contributed by atoms with Crippen molar-refractivity contribution in [1.29, 1.82) is 0 Å². The minimum atomic E-state index is -3.43. The monoisotopic (exact) mass is 466 g/mol. The normalized spacial score (nSPS) is 12.6. The molecular weight excluding hydrogens is 440 g/mol. The molecule has 0 aliphatic carbocycles. The molecule has 1 unspecified atom stereocenters. The largest absolute Gasteiger partial charge is 0.493 e. The molecular formula is C25H26N2O5S. The van der Waals surface area contributed by atoms with Gasteiger partial charge < -0.3 is 14.5 Å². The zero-order valence-electron chi connectivity index (χ0n) is 18.7. The van der Waals surface area contributed by atoms with Gasteiger partial charge in [0.1, 0.15) is 9.84 Å². The molecule has 7 nitrogen and oxygen atoms in total. The molecule has 0 aliphatic heterocycles. The lowest BCUT2D eigenvalue weighted by Gasteiger charge is -2.20. The predicted molar refractivity (Wildman–Crippen MR) is 130 cm³/mol. The van der Waals surface area contributed by atoms with Crippen LogP contribution in [0.1, 0.15) is 18.5 Å².